The Morgan fingerprint density at radius 1 is 1.00 bits per heavy atom. The number of allylic oxidation sites excluding steroid dienone is 1. The third kappa shape index (κ3) is 4.85. The minimum absolute atomic E-state index is 0.0803. The normalized spacial score (nSPS) is 20.3. The lowest BCUT2D eigenvalue weighted by molar-refractivity contribution is -0.134. The molecular formula is C25H29ClN4O3S. The summed E-state index contributed by atoms with van der Waals surface area (Å²) in [4.78, 5) is 21.6. The van der Waals surface area contributed by atoms with Crippen molar-refractivity contribution < 1.29 is 13.2 Å². The summed E-state index contributed by atoms with van der Waals surface area (Å²) in [5.41, 5.74) is 3.13. The van der Waals surface area contributed by atoms with E-state index in [-0.39, 0.29) is 12.5 Å². The highest BCUT2D eigenvalue weighted by Crippen LogP contribution is 2.31. The highest BCUT2D eigenvalue weighted by Gasteiger charge is 2.35. The molecule has 3 heterocycles. The maximum absolute atomic E-state index is 13.3. The summed E-state index contributed by atoms with van der Waals surface area (Å²) >= 11 is 6.07. The molecule has 0 spiro atoms. The maximum Gasteiger partial charge on any atom is 0.239 e. The molecular weight excluding hydrogens is 472 g/mol. The van der Waals surface area contributed by atoms with Gasteiger partial charge in [-0.2, -0.15) is 4.31 Å². The molecule has 180 valence electrons. The van der Waals surface area contributed by atoms with Gasteiger partial charge >= 0.3 is 0 Å². The first-order valence-electron chi connectivity index (χ1n) is 11.8. The Hall–Kier alpha value is -2.42. The Kier molecular flexibility index (Phi) is 6.64. The number of hydrogen-bond donors (Lipinski definition) is 0. The molecule has 3 aliphatic rings. The topological polar surface area (TPSA) is 73.8 Å². The summed E-state index contributed by atoms with van der Waals surface area (Å²) in [5, 5.41) is 0.656. The maximum atomic E-state index is 13.3. The van der Waals surface area contributed by atoms with Gasteiger partial charge in [0.25, 0.3) is 0 Å². The smallest absolute Gasteiger partial charge is 0.239 e. The minimum Gasteiger partial charge on any atom is -0.371 e. The number of halogens is 1. The van der Waals surface area contributed by atoms with E-state index in [4.69, 9.17) is 11.6 Å². The van der Waals surface area contributed by atoms with Crippen LogP contribution in [0.2, 0.25) is 5.02 Å². The summed E-state index contributed by atoms with van der Waals surface area (Å²) in [6, 6.07) is 9.57. The van der Waals surface area contributed by atoms with Crippen molar-refractivity contribution in [3.63, 3.8) is 0 Å². The van der Waals surface area contributed by atoms with Crippen molar-refractivity contribution in [2.24, 2.45) is 5.92 Å². The van der Waals surface area contributed by atoms with E-state index in [0.29, 0.717) is 48.3 Å². The lowest BCUT2D eigenvalue weighted by Gasteiger charge is -2.39. The van der Waals surface area contributed by atoms with Crippen LogP contribution in [0.5, 0.6) is 0 Å². The Morgan fingerprint density at radius 2 is 1.76 bits per heavy atom. The van der Waals surface area contributed by atoms with Gasteiger partial charge in [-0.15, -0.1) is 0 Å². The molecule has 2 aliphatic heterocycles. The fourth-order valence-electron chi connectivity index (χ4n) is 5.13. The first-order chi connectivity index (χ1) is 16.4. The molecule has 0 unspecified atom stereocenters. The standard InChI is InChI=1S/C25H29ClN4O3S/c26-22-3-1-21-16-24(4-2-20(21)15-22)34(32,33)30-14-13-29(25(31)18-30)17-19-7-11-28(12-8-19)23-5-9-27-10-6-23/h1,3,5-6,9-10,15-16,19H,2,4,7-8,11-14,17-18H2. The highest BCUT2D eigenvalue weighted by atomic mass is 35.5. The van der Waals surface area contributed by atoms with Gasteiger partial charge in [0.1, 0.15) is 0 Å². The van der Waals surface area contributed by atoms with Gasteiger partial charge < -0.3 is 9.80 Å². The highest BCUT2D eigenvalue weighted by molar-refractivity contribution is 7.93. The number of aromatic nitrogens is 1. The number of pyridine rings is 1. The zero-order valence-corrected chi connectivity index (χ0v) is 20.6. The van der Waals surface area contributed by atoms with Crippen molar-refractivity contribution in [1.82, 2.24) is 14.2 Å². The number of piperidine rings is 1. The van der Waals surface area contributed by atoms with Gasteiger partial charge in [0.05, 0.1) is 11.4 Å². The number of rotatable bonds is 5. The number of anilines is 1. The van der Waals surface area contributed by atoms with Crippen LogP contribution in [0.25, 0.3) is 6.08 Å². The second-order valence-electron chi connectivity index (χ2n) is 9.27. The number of carbonyl (C=O) groups is 1. The van der Waals surface area contributed by atoms with Crippen molar-refractivity contribution in [3.8, 4) is 0 Å². The first kappa shape index (κ1) is 23.3. The molecule has 0 atom stereocenters. The summed E-state index contributed by atoms with van der Waals surface area (Å²) < 4.78 is 27.9. The van der Waals surface area contributed by atoms with Gasteiger partial charge in [0.2, 0.25) is 15.9 Å². The largest absolute Gasteiger partial charge is 0.371 e. The van der Waals surface area contributed by atoms with E-state index >= 15 is 0 Å². The predicted octanol–water partition coefficient (Wildman–Crippen LogP) is 3.41. The van der Waals surface area contributed by atoms with Crippen LogP contribution in [-0.2, 0) is 21.2 Å². The van der Waals surface area contributed by atoms with Crippen LogP contribution in [0.15, 0.2) is 47.6 Å². The molecule has 5 rings (SSSR count). The average Bonchev–Trinajstić information content (AvgIpc) is 2.86. The van der Waals surface area contributed by atoms with E-state index in [9.17, 15) is 13.2 Å². The van der Waals surface area contributed by atoms with Crippen molar-refractivity contribution in [1.29, 1.82) is 0 Å². The molecule has 34 heavy (non-hydrogen) atoms. The van der Waals surface area contributed by atoms with Gasteiger partial charge in [-0.3, -0.25) is 9.78 Å². The van der Waals surface area contributed by atoms with Gasteiger partial charge in [0.15, 0.2) is 0 Å². The number of amides is 1. The number of nitrogens with zero attached hydrogens (tertiary/aromatic N) is 4. The predicted molar refractivity (Wildman–Crippen MR) is 134 cm³/mol. The second kappa shape index (κ2) is 9.68. The summed E-state index contributed by atoms with van der Waals surface area (Å²) in [6.45, 7) is 3.32. The van der Waals surface area contributed by atoms with Gasteiger partial charge in [-0.05, 0) is 73.1 Å². The van der Waals surface area contributed by atoms with Gasteiger partial charge in [-0.25, -0.2) is 8.42 Å². The monoisotopic (exact) mass is 500 g/mol. The second-order valence-corrected chi connectivity index (χ2v) is 11.7. The van der Waals surface area contributed by atoms with Crippen LogP contribution in [0.1, 0.15) is 30.4 Å². The van der Waals surface area contributed by atoms with E-state index in [1.54, 1.807) is 12.1 Å². The van der Waals surface area contributed by atoms with Crippen LogP contribution in [0, 0.1) is 5.92 Å². The first-order valence-corrected chi connectivity index (χ1v) is 13.6. The number of fused-ring (bicyclic) bond motifs is 1. The van der Waals surface area contributed by atoms with Gasteiger partial charge in [-0.1, -0.05) is 17.7 Å². The summed E-state index contributed by atoms with van der Waals surface area (Å²) in [5.74, 6) is 0.338. The Bertz CT molecular complexity index is 1190. The van der Waals surface area contributed by atoms with E-state index < -0.39 is 10.0 Å². The van der Waals surface area contributed by atoms with Crippen molar-refractivity contribution in [2.75, 3.05) is 44.2 Å². The van der Waals surface area contributed by atoms with Crippen LogP contribution in [-0.4, -0.2) is 67.8 Å². The van der Waals surface area contributed by atoms with Crippen LogP contribution in [0.3, 0.4) is 0 Å². The minimum atomic E-state index is -3.66. The molecule has 7 nitrogen and oxygen atoms in total. The molecule has 1 amide bonds. The average molecular weight is 501 g/mol. The third-order valence-electron chi connectivity index (χ3n) is 7.14. The number of aryl methyl sites for hydroxylation is 1. The van der Waals surface area contributed by atoms with Crippen LogP contribution < -0.4 is 4.90 Å². The molecule has 1 aliphatic carbocycles. The Balaban J connectivity index is 1.17. The van der Waals surface area contributed by atoms with Crippen LogP contribution >= 0.6 is 11.6 Å². The zero-order valence-electron chi connectivity index (χ0n) is 19.1. The van der Waals surface area contributed by atoms with E-state index in [1.165, 1.54) is 9.99 Å². The molecule has 0 bridgehead atoms. The number of carbonyl (C=O) groups excluding carboxylic acids is 1. The van der Waals surface area contributed by atoms with Crippen LogP contribution in [0.4, 0.5) is 5.69 Å². The van der Waals surface area contributed by atoms with Crippen molar-refractivity contribution >= 4 is 39.3 Å². The zero-order chi connectivity index (χ0) is 23.7. The van der Waals surface area contributed by atoms with E-state index in [1.807, 2.05) is 41.6 Å². The molecule has 9 heteroatoms. The molecule has 1 aromatic heterocycles. The summed E-state index contributed by atoms with van der Waals surface area (Å²) in [6.07, 6.45) is 8.46. The fourth-order valence-corrected chi connectivity index (χ4v) is 6.89. The SMILES string of the molecule is O=C1CN(S(=O)(=O)C2=Cc3ccc(Cl)cc3CC2)CCN1CC1CCN(c2ccncc2)CC1. The van der Waals surface area contributed by atoms with Crippen molar-refractivity contribution in [2.45, 2.75) is 25.7 Å². The van der Waals surface area contributed by atoms with Crippen molar-refractivity contribution in [3.05, 3.63) is 63.8 Å². The Morgan fingerprint density at radius 3 is 2.50 bits per heavy atom. The Labute approximate surface area is 206 Å². The fraction of sp³-hybridized carbons (Fsp3) is 0.440. The van der Waals surface area contributed by atoms with Gasteiger partial charge in [0, 0.05) is 55.8 Å². The molecule has 2 fully saturated rings. The van der Waals surface area contributed by atoms with E-state index in [0.717, 1.165) is 37.1 Å². The number of benzene rings is 1. The molecule has 0 N–H and O–H groups in total. The lowest BCUT2D eigenvalue weighted by atomic mass is 9.95. The quantitative estimate of drug-likeness (QED) is 0.629. The molecule has 0 saturated carbocycles. The number of piperazine rings is 1. The lowest BCUT2D eigenvalue weighted by Crippen LogP contribution is -2.54. The molecule has 1 aromatic carbocycles. The molecule has 2 aromatic rings. The molecule has 2 saturated heterocycles. The van der Waals surface area contributed by atoms with E-state index in [2.05, 4.69) is 9.88 Å². The number of hydrogen-bond acceptors (Lipinski definition) is 5. The third-order valence-corrected chi connectivity index (χ3v) is 9.35. The summed E-state index contributed by atoms with van der Waals surface area (Å²) in [7, 11) is -3.66. The molecule has 0 radical (unpaired) electrons. The number of sulfonamides is 1.